The van der Waals surface area contributed by atoms with Gasteiger partial charge in [0.1, 0.15) is 0 Å². The van der Waals surface area contributed by atoms with E-state index < -0.39 is 0 Å². The van der Waals surface area contributed by atoms with Crippen molar-refractivity contribution in [3.05, 3.63) is 29.7 Å². The Kier molecular flexibility index (Phi) is 4.85. The number of aromatic nitrogens is 4. The molecule has 1 atom stereocenters. The van der Waals surface area contributed by atoms with Gasteiger partial charge in [-0.25, -0.2) is 0 Å². The number of rotatable bonds is 8. The minimum absolute atomic E-state index is 0.536. The van der Waals surface area contributed by atoms with Gasteiger partial charge in [0, 0.05) is 31.7 Å². The van der Waals surface area contributed by atoms with Gasteiger partial charge in [0.25, 0.3) is 0 Å². The highest BCUT2D eigenvalue weighted by Gasteiger charge is 2.30. The average Bonchev–Trinajstić information content (AvgIpc) is 2.98. The molecule has 0 N–H and O–H groups in total. The molecule has 3 heterocycles. The maximum absolute atomic E-state index is 5.80. The maximum Gasteiger partial charge on any atom is 0.230 e. The van der Waals surface area contributed by atoms with Crippen LogP contribution in [0.25, 0.3) is 0 Å². The third-order valence-electron chi connectivity index (χ3n) is 5.36. The molecule has 136 valence electrons. The molecule has 0 bridgehead atoms. The van der Waals surface area contributed by atoms with Crippen LogP contribution in [0, 0.1) is 0 Å². The number of likely N-dealkylation sites (tertiary alicyclic amines) is 1. The van der Waals surface area contributed by atoms with Crippen LogP contribution in [0.3, 0.4) is 0 Å². The highest BCUT2D eigenvalue weighted by Crippen LogP contribution is 2.39. The van der Waals surface area contributed by atoms with Crippen LogP contribution in [0.5, 0.6) is 0 Å². The van der Waals surface area contributed by atoms with Crippen molar-refractivity contribution in [1.29, 1.82) is 0 Å². The zero-order valence-electron chi connectivity index (χ0n) is 15.3. The topological polar surface area (TPSA) is 63.2 Å². The third-order valence-corrected chi connectivity index (χ3v) is 5.36. The monoisotopic (exact) mass is 344 g/mol. The third kappa shape index (κ3) is 4.27. The Balaban J connectivity index is 1.19. The first-order valence-electron chi connectivity index (χ1n) is 9.40. The molecular formula is C18H28N6O. The molecular weight excluding hydrogens is 316 g/mol. The first-order chi connectivity index (χ1) is 12.2. The van der Waals surface area contributed by atoms with Crippen LogP contribution in [-0.4, -0.2) is 62.5 Å². The summed E-state index contributed by atoms with van der Waals surface area (Å²) in [5.41, 5.74) is 1.33. The molecule has 0 unspecified atom stereocenters. The fourth-order valence-electron chi connectivity index (χ4n) is 3.65. The van der Waals surface area contributed by atoms with Gasteiger partial charge in [0.2, 0.25) is 11.8 Å². The first-order valence-corrected chi connectivity index (χ1v) is 9.40. The van der Waals surface area contributed by atoms with Gasteiger partial charge in [0.05, 0.1) is 12.7 Å². The second-order valence-corrected chi connectivity index (χ2v) is 7.59. The van der Waals surface area contributed by atoms with E-state index in [0.717, 1.165) is 37.8 Å². The summed E-state index contributed by atoms with van der Waals surface area (Å²) >= 11 is 0. The fraction of sp³-hybridized carbons (Fsp3) is 0.722. The molecule has 2 aliphatic rings. The van der Waals surface area contributed by atoms with E-state index in [0.29, 0.717) is 12.0 Å². The van der Waals surface area contributed by atoms with Crippen molar-refractivity contribution in [2.75, 3.05) is 26.7 Å². The highest BCUT2D eigenvalue weighted by molar-refractivity contribution is 5.03. The van der Waals surface area contributed by atoms with E-state index in [4.69, 9.17) is 4.42 Å². The van der Waals surface area contributed by atoms with Gasteiger partial charge in [-0.05, 0) is 57.8 Å². The summed E-state index contributed by atoms with van der Waals surface area (Å²) in [6.07, 6.45) is 10.0. The van der Waals surface area contributed by atoms with Crippen LogP contribution < -0.4 is 0 Å². The number of nitrogens with zero attached hydrogens (tertiary/aromatic N) is 6. The van der Waals surface area contributed by atoms with E-state index in [1.165, 1.54) is 37.8 Å². The van der Waals surface area contributed by atoms with Crippen LogP contribution >= 0.6 is 0 Å². The molecule has 0 aromatic carbocycles. The van der Waals surface area contributed by atoms with Crippen LogP contribution in [0.1, 0.15) is 48.9 Å². The summed E-state index contributed by atoms with van der Waals surface area (Å²) < 4.78 is 7.67. The van der Waals surface area contributed by atoms with Gasteiger partial charge in [-0.2, -0.15) is 5.10 Å². The summed E-state index contributed by atoms with van der Waals surface area (Å²) in [6.45, 7) is 4.23. The predicted molar refractivity (Wildman–Crippen MR) is 94.1 cm³/mol. The summed E-state index contributed by atoms with van der Waals surface area (Å²) in [7, 11) is 4.15. The largest absolute Gasteiger partial charge is 0.424 e. The Morgan fingerprint density at radius 3 is 2.92 bits per heavy atom. The van der Waals surface area contributed by atoms with Gasteiger partial charge in [-0.1, -0.05) is 0 Å². The summed E-state index contributed by atoms with van der Waals surface area (Å²) in [4.78, 5) is 4.94. The number of hydrogen-bond donors (Lipinski definition) is 0. The maximum atomic E-state index is 5.80. The summed E-state index contributed by atoms with van der Waals surface area (Å²) in [5.74, 6) is 2.14. The Hall–Kier alpha value is -1.73. The highest BCUT2D eigenvalue weighted by atomic mass is 16.4. The van der Waals surface area contributed by atoms with Crippen molar-refractivity contribution in [3.63, 3.8) is 0 Å². The summed E-state index contributed by atoms with van der Waals surface area (Å²) in [5, 5.41) is 12.6. The van der Waals surface area contributed by atoms with E-state index in [2.05, 4.69) is 38.3 Å². The van der Waals surface area contributed by atoms with Crippen molar-refractivity contribution in [2.24, 2.45) is 7.05 Å². The molecule has 1 aliphatic carbocycles. The molecule has 2 aromatic heterocycles. The lowest BCUT2D eigenvalue weighted by atomic mass is 10.2. The van der Waals surface area contributed by atoms with Crippen molar-refractivity contribution in [1.82, 2.24) is 29.8 Å². The average molecular weight is 344 g/mol. The van der Waals surface area contributed by atoms with Gasteiger partial charge in [0.15, 0.2) is 0 Å². The van der Waals surface area contributed by atoms with Crippen LogP contribution in [0.2, 0.25) is 0 Å². The van der Waals surface area contributed by atoms with Gasteiger partial charge in [-0.3, -0.25) is 9.58 Å². The first kappa shape index (κ1) is 16.7. The number of aryl methyl sites for hydroxylation is 2. The number of hydrogen-bond acceptors (Lipinski definition) is 6. The second-order valence-electron chi connectivity index (χ2n) is 7.59. The lowest BCUT2D eigenvalue weighted by molar-refractivity contribution is 0.205. The molecule has 7 heteroatoms. The molecule has 7 nitrogen and oxygen atoms in total. The molecule has 0 spiro atoms. The van der Waals surface area contributed by atoms with Crippen molar-refractivity contribution >= 4 is 0 Å². The Morgan fingerprint density at radius 2 is 2.16 bits per heavy atom. The van der Waals surface area contributed by atoms with Crippen LogP contribution in [0.15, 0.2) is 16.8 Å². The molecule has 1 saturated heterocycles. The van der Waals surface area contributed by atoms with E-state index in [-0.39, 0.29) is 0 Å². The Bertz CT molecular complexity index is 691. The van der Waals surface area contributed by atoms with E-state index in [1.807, 2.05) is 17.9 Å². The van der Waals surface area contributed by atoms with Gasteiger partial charge < -0.3 is 9.32 Å². The van der Waals surface area contributed by atoms with Crippen molar-refractivity contribution in [3.8, 4) is 0 Å². The molecule has 2 fully saturated rings. The van der Waals surface area contributed by atoms with Gasteiger partial charge in [-0.15, -0.1) is 10.2 Å². The second kappa shape index (κ2) is 7.25. The van der Waals surface area contributed by atoms with Crippen LogP contribution in [-0.2, 0) is 20.0 Å². The Labute approximate surface area is 149 Å². The van der Waals surface area contributed by atoms with Crippen molar-refractivity contribution in [2.45, 2.75) is 50.6 Å². The zero-order chi connectivity index (χ0) is 17.2. The fourth-order valence-corrected chi connectivity index (χ4v) is 3.65. The predicted octanol–water partition coefficient (Wildman–Crippen LogP) is 1.82. The van der Waals surface area contributed by atoms with E-state index in [1.54, 1.807) is 0 Å². The Morgan fingerprint density at radius 1 is 1.28 bits per heavy atom. The smallest absolute Gasteiger partial charge is 0.230 e. The minimum atomic E-state index is 0.536. The van der Waals surface area contributed by atoms with Gasteiger partial charge >= 0.3 is 0 Å². The summed E-state index contributed by atoms with van der Waals surface area (Å²) in [6, 6.07) is 0.578. The molecule has 1 saturated carbocycles. The number of likely N-dealkylation sites (N-methyl/N-ethyl adjacent to an activating group) is 1. The standard InChI is InChI=1S/C18H28N6O/c1-22(13-17-20-21-18(25-17)15-5-6-15)16-7-9-24(12-16)8-3-4-14-10-19-23(2)11-14/h10-11,15-16H,3-9,12-13H2,1-2H3/t16-/m0/s1. The van der Waals surface area contributed by atoms with E-state index in [9.17, 15) is 0 Å². The molecule has 0 radical (unpaired) electrons. The quantitative estimate of drug-likeness (QED) is 0.728. The zero-order valence-corrected chi connectivity index (χ0v) is 15.3. The van der Waals surface area contributed by atoms with Crippen LogP contribution in [0.4, 0.5) is 0 Å². The molecule has 0 amide bonds. The van der Waals surface area contributed by atoms with Crippen molar-refractivity contribution < 1.29 is 4.42 Å². The molecule has 25 heavy (non-hydrogen) atoms. The molecule has 4 rings (SSSR count). The van der Waals surface area contributed by atoms with E-state index >= 15 is 0 Å². The minimum Gasteiger partial charge on any atom is -0.424 e. The normalized spacial score (nSPS) is 21.5. The SMILES string of the molecule is CN(Cc1nnc(C2CC2)o1)[C@H]1CCN(CCCc2cnn(C)c2)C1. The molecule has 2 aromatic rings. The molecule has 1 aliphatic heterocycles. The lowest BCUT2D eigenvalue weighted by Gasteiger charge is -2.23. The lowest BCUT2D eigenvalue weighted by Crippen LogP contribution is -2.34.